The molecule has 28 heavy (non-hydrogen) atoms. The van der Waals surface area contributed by atoms with E-state index in [4.69, 9.17) is 23.2 Å². The number of rotatable bonds is 5. The average molecular weight is 410 g/mol. The van der Waals surface area contributed by atoms with Crippen LogP contribution in [0.1, 0.15) is 21.5 Å². The fourth-order valence-electron chi connectivity index (χ4n) is 3.05. The van der Waals surface area contributed by atoms with Gasteiger partial charge in [-0.1, -0.05) is 65.7 Å². The van der Waals surface area contributed by atoms with Gasteiger partial charge >= 0.3 is 0 Å². The third-order valence-electron chi connectivity index (χ3n) is 4.55. The number of para-hydroxylation sites is 2. The predicted octanol–water partition coefficient (Wildman–Crippen LogP) is 5.32. The summed E-state index contributed by atoms with van der Waals surface area (Å²) in [6.07, 6.45) is 1.85. The van der Waals surface area contributed by atoms with Crippen molar-refractivity contribution >= 4 is 40.1 Å². The first-order valence-electron chi connectivity index (χ1n) is 8.82. The standard InChI is InChI=1S/C22H17Cl2N3O/c23-18-5-3-4-17(21(18)24)22(28)25-12-15-8-10-16(11-9-15)13-27-14-26-19-6-1-2-7-20(19)27/h1-11,14H,12-13H2,(H,25,28). The van der Waals surface area contributed by atoms with Crippen molar-refractivity contribution in [2.75, 3.05) is 0 Å². The van der Waals surface area contributed by atoms with Crippen LogP contribution in [0.15, 0.2) is 73.1 Å². The lowest BCUT2D eigenvalue weighted by Gasteiger charge is -2.09. The zero-order valence-corrected chi connectivity index (χ0v) is 16.4. The SMILES string of the molecule is O=C(NCc1ccc(Cn2cnc3ccccc32)cc1)c1cccc(Cl)c1Cl. The van der Waals surface area contributed by atoms with Crippen LogP contribution in [0.3, 0.4) is 0 Å². The second-order valence-corrected chi connectivity index (χ2v) is 7.25. The van der Waals surface area contributed by atoms with Crippen molar-refractivity contribution in [1.29, 1.82) is 0 Å². The number of imidazole rings is 1. The maximum Gasteiger partial charge on any atom is 0.253 e. The van der Waals surface area contributed by atoms with Gasteiger partial charge in [-0.05, 0) is 35.4 Å². The van der Waals surface area contributed by atoms with E-state index in [1.165, 1.54) is 0 Å². The number of benzene rings is 3. The maximum atomic E-state index is 12.3. The lowest BCUT2D eigenvalue weighted by molar-refractivity contribution is 0.0951. The second-order valence-electron chi connectivity index (χ2n) is 6.46. The van der Waals surface area contributed by atoms with Gasteiger partial charge in [0.2, 0.25) is 0 Å². The minimum atomic E-state index is -0.249. The molecular weight excluding hydrogens is 393 g/mol. The highest BCUT2D eigenvalue weighted by Crippen LogP contribution is 2.25. The zero-order chi connectivity index (χ0) is 19.5. The topological polar surface area (TPSA) is 46.9 Å². The number of hydrogen-bond acceptors (Lipinski definition) is 2. The third-order valence-corrected chi connectivity index (χ3v) is 5.37. The van der Waals surface area contributed by atoms with E-state index in [2.05, 4.69) is 33.1 Å². The number of carbonyl (C=O) groups is 1. The highest BCUT2D eigenvalue weighted by atomic mass is 35.5. The van der Waals surface area contributed by atoms with Crippen molar-refractivity contribution in [1.82, 2.24) is 14.9 Å². The molecule has 4 aromatic rings. The Hall–Kier alpha value is -2.82. The summed E-state index contributed by atoms with van der Waals surface area (Å²) < 4.78 is 2.12. The molecule has 0 fully saturated rings. The number of hydrogen-bond donors (Lipinski definition) is 1. The summed E-state index contributed by atoms with van der Waals surface area (Å²) in [7, 11) is 0. The van der Waals surface area contributed by atoms with Crippen LogP contribution in [-0.2, 0) is 13.1 Å². The van der Waals surface area contributed by atoms with Crippen LogP contribution < -0.4 is 5.32 Å². The molecule has 0 aliphatic heterocycles. The molecule has 4 nitrogen and oxygen atoms in total. The molecule has 4 rings (SSSR count). The monoisotopic (exact) mass is 409 g/mol. The number of nitrogens with one attached hydrogen (secondary N) is 1. The molecule has 0 bridgehead atoms. The first-order valence-corrected chi connectivity index (χ1v) is 9.57. The molecule has 6 heteroatoms. The van der Waals surface area contributed by atoms with Crippen molar-refractivity contribution < 1.29 is 4.79 Å². The molecule has 1 heterocycles. The summed E-state index contributed by atoms with van der Waals surface area (Å²) >= 11 is 12.1. The van der Waals surface area contributed by atoms with Crippen molar-refractivity contribution in [3.05, 3.63) is 99.8 Å². The van der Waals surface area contributed by atoms with E-state index in [0.717, 1.165) is 28.7 Å². The molecule has 0 atom stereocenters. The molecule has 0 aliphatic rings. The lowest BCUT2D eigenvalue weighted by Crippen LogP contribution is -2.23. The fraction of sp³-hybridized carbons (Fsp3) is 0.0909. The van der Waals surface area contributed by atoms with E-state index in [1.54, 1.807) is 18.2 Å². The highest BCUT2D eigenvalue weighted by molar-refractivity contribution is 6.43. The third kappa shape index (κ3) is 3.88. The molecule has 0 spiro atoms. The largest absolute Gasteiger partial charge is 0.348 e. The van der Waals surface area contributed by atoms with Crippen molar-refractivity contribution in [2.24, 2.45) is 0 Å². The van der Waals surface area contributed by atoms with Crippen molar-refractivity contribution in [3.63, 3.8) is 0 Å². The number of fused-ring (bicyclic) bond motifs is 1. The number of carbonyl (C=O) groups excluding carboxylic acids is 1. The molecule has 0 unspecified atom stereocenters. The molecule has 1 aromatic heterocycles. The average Bonchev–Trinajstić information content (AvgIpc) is 3.12. The van der Waals surface area contributed by atoms with Crippen LogP contribution in [0.2, 0.25) is 10.0 Å². The Morgan fingerprint density at radius 3 is 2.50 bits per heavy atom. The normalized spacial score (nSPS) is 10.9. The summed E-state index contributed by atoms with van der Waals surface area (Å²) in [5.74, 6) is -0.249. The van der Waals surface area contributed by atoms with E-state index < -0.39 is 0 Å². The Bertz CT molecular complexity index is 1140. The Balaban J connectivity index is 1.41. The van der Waals surface area contributed by atoms with Crippen LogP contribution in [-0.4, -0.2) is 15.5 Å². The van der Waals surface area contributed by atoms with Crippen molar-refractivity contribution in [3.8, 4) is 0 Å². The van der Waals surface area contributed by atoms with Gasteiger partial charge in [-0.3, -0.25) is 4.79 Å². The van der Waals surface area contributed by atoms with E-state index in [1.807, 2.05) is 36.7 Å². The van der Waals surface area contributed by atoms with Gasteiger partial charge in [0.25, 0.3) is 5.91 Å². The molecule has 0 saturated heterocycles. The Labute approximate surface area is 172 Å². The van der Waals surface area contributed by atoms with Gasteiger partial charge in [-0.15, -0.1) is 0 Å². The van der Waals surface area contributed by atoms with Gasteiger partial charge in [0.1, 0.15) is 0 Å². The van der Waals surface area contributed by atoms with E-state index in [-0.39, 0.29) is 10.9 Å². The Kier molecular flexibility index (Phi) is 5.33. The highest BCUT2D eigenvalue weighted by Gasteiger charge is 2.12. The molecule has 1 amide bonds. The molecule has 0 radical (unpaired) electrons. The van der Waals surface area contributed by atoms with E-state index in [0.29, 0.717) is 17.1 Å². The molecule has 0 saturated carbocycles. The summed E-state index contributed by atoms with van der Waals surface area (Å²) in [5, 5.41) is 3.51. The lowest BCUT2D eigenvalue weighted by atomic mass is 10.1. The van der Waals surface area contributed by atoms with Gasteiger partial charge in [-0.2, -0.15) is 0 Å². The minimum Gasteiger partial charge on any atom is -0.348 e. The van der Waals surface area contributed by atoms with Crippen LogP contribution in [0.25, 0.3) is 11.0 Å². The maximum absolute atomic E-state index is 12.3. The molecular formula is C22H17Cl2N3O. The summed E-state index contributed by atoms with van der Waals surface area (Å²) in [6.45, 7) is 1.15. The first kappa shape index (κ1) is 18.5. The molecule has 140 valence electrons. The molecule has 3 aromatic carbocycles. The summed E-state index contributed by atoms with van der Waals surface area (Å²) in [5.41, 5.74) is 4.64. The number of halogens is 2. The Morgan fingerprint density at radius 2 is 1.68 bits per heavy atom. The molecule has 0 aliphatic carbocycles. The molecule has 1 N–H and O–H groups in total. The number of nitrogens with zero attached hydrogens (tertiary/aromatic N) is 2. The van der Waals surface area contributed by atoms with Gasteiger partial charge in [0, 0.05) is 13.1 Å². The first-order chi connectivity index (χ1) is 13.6. The summed E-state index contributed by atoms with van der Waals surface area (Å²) in [6, 6.07) is 21.2. The van der Waals surface area contributed by atoms with Crippen LogP contribution >= 0.6 is 23.2 Å². The fourth-order valence-corrected chi connectivity index (χ4v) is 3.44. The smallest absolute Gasteiger partial charge is 0.253 e. The van der Waals surface area contributed by atoms with Crippen LogP contribution in [0.4, 0.5) is 0 Å². The minimum absolute atomic E-state index is 0.249. The van der Waals surface area contributed by atoms with E-state index in [9.17, 15) is 4.79 Å². The quantitative estimate of drug-likeness (QED) is 0.484. The predicted molar refractivity (Wildman–Crippen MR) is 113 cm³/mol. The van der Waals surface area contributed by atoms with E-state index >= 15 is 0 Å². The zero-order valence-electron chi connectivity index (χ0n) is 14.9. The van der Waals surface area contributed by atoms with Crippen LogP contribution in [0.5, 0.6) is 0 Å². The Morgan fingerprint density at radius 1 is 0.929 bits per heavy atom. The van der Waals surface area contributed by atoms with Gasteiger partial charge in [0.15, 0.2) is 0 Å². The van der Waals surface area contributed by atoms with Gasteiger partial charge < -0.3 is 9.88 Å². The number of amides is 1. The van der Waals surface area contributed by atoms with Gasteiger partial charge in [0.05, 0.1) is 33.0 Å². The number of aromatic nitrogens is 2. The van der Waals surface area contributed by atoms with Crippen LogP contribution in [0, 0.1) is 0 Å². The van der Waals surface area contributed by atoms with Crippen molar-refractivity contribution in [2.45, 2.75) is 13.1 Å². The van der Waals surface area contributed by atoms with Gasteiger partial charge in [-0.25, -0.2) is 4.98 Å². The summed E-state index contributed by atoms with van der Waals surface area (Å²) in [4.78, 5) is 16.7. The second kappa shape index (κ2) is 8.05.